The van der Waals surface area contributed by atoms with Crippen LogP contribution in [0.15, 0.2) is 79.3 Å². The van der Waals surface area contributed by atoms with Crippen LogP contribution in [0.2, 0.25) is 0 Å². The minimum atomic E-state index is -2.68. The summed E-state index contributed by atoms with van der Waals surface area (Å²) in [5.41, 5.74) is 2.22. The molecule has 0 bridgehead atoms. The lowest BCUT2D eigenvalue weighted by Gasteiger charge is -2.20. The van der Waals surface area contributed by atoms with Gasteiger partial charge in [-0.1, -0.05) is 60.7 Å². The molecular weight excluding hydrogens is 429 g/mol. The summed E-state index contributed by atoms with van der Waals surface area (Å²) in [5.74, 6) is -1.00. The fourth-order valence-corrected chi connectivity index (χ4v) is 3.76. The van der Waals surface area contributed by atoms with Crippen molar-refractivity contribution in [3.05, 3.63) is 102 Å². The second kappa shape index (κ2) is 9.55. The molecule has 0 aliphatic carbocycles. The summed E-state index contributed by atoms with van der Waals surface area (Å²) in [5, 5.41) is 17.4. The van der Waals surface area contributed by atoms with Crippen molar-refractivity contribution in [2.24, 2.45) is 0 Å². The van der Waals surface area contributed by atoms with E-state index in [-0.39, 0.29) is 17.7 Å². The van der Waals surface area contributed by atoms with Crippen LogP contribution in [0, 0.1) is 0 Å². The molecule has 0 fully saturated rings. The van der Waals surface area contributed by atoms with Crippen molar-refractivity contribution in [2.75, 3.05) is 0 Å². The Kier molecular flexibility index (Phi) is 6.39. The Labute approximate surface area is 184 Å². The molecule has 0 radical (unpaired) electrons. The molecule has 3 N–H and O–H groups in total. The van der Waals surface area contributed by atoms with Gasteiger partial charge < -0.3 is 15.3 Å². The minimum Gasteiger partial charge on any atom is -0.493 e. The summed E-state index contributed by atoms with van der Waals surface area (Å²) < 4.78 is 12.3. The fraction of sp³-hybridized carbons (Fsp3) is 0.0909. The number of amides is 1. The van der Waals surface area contributed by atoms with Gasteiger partial charge in [0.25, 0.3) is 11.9 Å². The van der Waals surface area contributed by atoms with Crippen LogP contribution in [-0.2, 0) is 10.7 Å². The Balaban J connectivity index is 1.58. The van der Waals surface area contributed by atoms with Crippen molar-refractivity contribution in [3.63, 3.8) is 0 Å². The van der Waals surface area contributed by atoms with E-state index in [4.69, 9.17) is 4.89 Å². The van der Waals surface area contributed by atoms with Crippen molar-refractivity contribution in [1.29, 1.82) is 0 Å². The average molecular weight is 449 g/mol. The molecule has 162 valence electrons. The predicted molar refractivity (Wildman–Crippen MR) is 118 cm³/mol. The number of carbonyl (C=O) groups is 1. The molecule has 2 heterocycles. The Bertz CT molecular complexity index is 1210. The normalized spacial score (nSPS) is 11.9. The van der Waals surface area contributed by atoms with Crippen LogP contribution in [0.5, 0.6) is 5.88 Å². The topological polar surface area (TPSA) is 130 Å². The highest BCUT2D eigenvalue weighted by Crippen LogP contribution is 2.24. The van der Waals surface area contributed by atoms with Crippen molar-refractivity contribution in [3.8, 4) is 11.8 Å². The van der Waals surface area contributed by atoms with Crippen molar-refractivity contribution < 1.29 is 19.4 Å². The number of benzene rings is 2. The van der Waals surface area contributed by atoms with Gasteiger partial charge in [0.05, 0.1) is 18.4 Å². The first-order valence-electron chi connectivity index (χ1n) is 9.74. The molecule has 0 spiro atoms. The number of hydrogen-bond donors (Lipinski definition) is 3. The molecule has 4 rings (SSSR count). The molecule has 0 saturated heterocycles. The third-order valence-electron chi connectivity index (χ3n) is 4.74. The first kappa shape index (κ1) is 21.4. The lowest BCUT2D eigenvalue weighted by molar-refractivity contribution is 0.0939. The van der Waals surface area contributed by atoms with Gasteiger partial charge in [0.1, 0.15) is 5.56 Å². The molecule has 4 aromatic rings. The van der Waals surface area contributed by atoms with E-state index in [1.54, 1.807) is 0 Å². The number of nitrogens with zero attached hydrogens (tertiary/aromatic N) is 4. The van der Waals surface area contributed by atoms with Gasteiger partial charge in [0.2, 0.25) is 5.88 Å². The maximum Gasteiger partial charge on any atom is 0.259 e. The summed E-state index contributed by atoms with van der Waals surface area (Å²) in [6, 6.07) is 18.6. The third-order valence-corrected chi connectivity index (χ3v) is 5.45. The highest BCUT2D eigenvalue weighted by atomic mass is 31.1. The number of aromatic nitrogens is 4. The predicted octanol–water partition coefficient (Wildman–Crippen LogP) is 2.85. The Morgan fingerprint density at radius 3 is 2.22 bits per heavy atom. The number of aromatic hydroxyl groups is 1. The van der Waals surface area contributed by atoms with Crippen LogP contribution < -0.4 is 5.32 Å². The molecule has 1 amide bonds. The third kappa shape index (κ3) is 4.91. The number of carbonyl (C=O) groups excluding carboxylic acids is 1. The van der Waals surface area contributed by atoms with E-state index in [0.717, 1.165) is 11.1 Å². The van der Waals surface area contributed by atoms with Crippen LogP contribution >= 0.6 is 8.03 Å². The van der Waals surface area contributed by atoms with E-state index < -0.39 is 25.9 Å². The van der Waals surface area contributed by atoms with E-state index >= 15 is 0 Å². The van der Waals surface area contributed by atoms with E-state index in [0.29, 0.717) is 5.56 Å². The van der Waals surface area contributed by atoms with Crippen LogP contribution in [0.25, 0.3) is 5.95 Å². The van der Waals surface area contributed by atoms with Crippen molar-refractivity contribution in [2.45, 2.75) is 12.2 Å². The maximum atomic E-state index is 13.0. The molecule has 9 nitrogen and oxygen atoms in total. The molecular formula is C22H20N5O4P. The quantitative estimate of drug-likeness (QED) is 0.370. The largest absolute Gasteiger partial charge is 0.493 e. The molecule has 0 aliphatic rings. The van der Waals surface area contributed by atoms with Gasteiger partial charge in [0, 0.05) is 12.4 Å². The van der Waals surface area contributed by atoms with Crippen molar-refractivity contribution in [1.82, 2.24) is 25.1 Å². The van der Waals surface area contributed by atoms with Crippen LogP contribution in [0.4, 0.5) is 0 Å². The first-order chi connectivity index (χ1) is 15.5. The number of nitrogens with one attached hydrogen (secondary N) is 1. The zero-order valence-electron chi connectivity index (χ0n) is 16.8. The Morgan fingerprint density at radius 2 is 1.66 bits per heavy atom. The SMILES string of the molecule is O=C(NC(c1ccccc1)c1ccccc1)c1cnc(-n2cc(C[PH](=O)O)cn2)nc1O. The molecule has 32 heavy (non-hydrogen) atoms. The minimum absolute atomic E-state index is 0.0164. The maximum absolute atomic E-state index is 13.0. The zero-order valence-corrected chi connectivity index (χ0v) is 17.8. The molecule has 1 atom stereocenters. The van der Waals surface area contributed by atoms with Crippen LogP contribution in [-0.4, -0.2) is 35.7 Å². The van der Waals surface area contributed by atoms with E-state index in [1.807, 2.05) is 60.7 Å². The van der Waals surface area contributed by atoms with Gasteiger partial charge >= 0.3 is 0 Å². The second-order valence-corrected chi connectivity index (χ2v) is 8.14. The van der Waals surface area contributed by atoms with Crippen LogP contribution in [0.3, 0.4) is 0 Å². The Hall–Kier alpha value is -3.81. The summed E-state index contributed by atoms with van der Waals surface area (Å²) >= 11 is 0. The number of rotatable bonds is 7. The highest BCUT2D eigenvalue weighted by molar-refractivity contribution is 7.37. The molecule has 2 aromatic carbocycles. The van der Waals surface area contributed by atoms with Gasteiger partial charge in [-0.05, 0) is 16.7 Å². The smallest absolute Gasteiger partial charge is 0.259 e. The van der Waals surface area contributed by atoms with Crippen LogP contribution in [0.1, 0.15) is 33.1 Å². The molecule has 0 saturated carbocycles. The fourth-order valence-electron chi connectivity index (χ4n) is 3.23. The summed E-state index contributed by atoms with van der Waals surface area (Å²) in [4.78, 5) is 30.1. The first-order valence-corrected chi connectivity index (χ1v) is 11.3. The molecule has 1 unspecified atom stereocenters. The molecule has 10 heteroatoms. The van der Waals surface area contributed by atoms with Gasteiger partial charge in [-0.15, -0.1) is 0 Å². The van der Waals surface area contributed by atoms with Gasteiger partial charge in [0.15, 0.2) is 8.03 Å². The lowest BCUT2D eigenvalue weighted by Crippen LogP contribution is -2.29. The van der Waals surface area contributed by atoms with Gasteiger partial charge in [-0.3, -0.25) is 9.36 Å². The zero-order chi connectivity index (χ0) is 22.5. The number of hydrogen-bond acceptors (Lipinski definition) is 6. The Morgan fingerprint density at radius 1 is 1.03 bits per heavy atom. The van der Waals surface area contributed by atoms with Gasteiger partial charge in [-0.2, -0.15) is 10.1 Å². The van der Waals surface area contributed by atoms with Crippen molar-refractivity contribution >= 4 is 13.9 Å². The lowest BCUT2D eigenvalue weighted by atomic mass is 9.98. The highest BCUT2D eigenvalue weighted by Gasteiger charge is 2.21. The standard InChI is InChI=1S/C22H20N5O4P/c28-20(25-19(16-7-3-1-4-8-16)17-9-5-2-6-10-17)18-12-23-22(26-21(18)29)27-13-15(11-24-27)14-32(30)31/h1-13,19,32H,14H2,(H,25,28)(H,30,31)(H,23,26,29). The second-order valence-electron chi connectivity index (χ2n) is 7.00. The average Bonchev–Trinajstić information content (AvgIpc) is 3.26. The summed E-state index contributed by atoms with van der Waals surface area (Å²) in [7, 11) is -2.68. The van der Waals surface area contributed by atoms with Gasteiger partial charge in [-0.25, -0.2) is 9.67 Å². The molecule has 0 aliphatic heterocycles. The summed E-state index contributed by atoms with van der Waals surface area (Å²) in [6.45, 7) is 0. The van der Waals surface area contributed by atoms with E-state index in [9.17, 15) is 14.5 Å². The van der Waals surface area contributed by atoms with E-state index in [2.05, 4.69) is 20.4 Å². The van der Waals surface area contributed by atoms with E-state index in [1.165, 1.54) is 23.3 Å². The monoisotopic (exact) mass is 449 g/mol. The summed E-state index contributed by atoms with van der Waals surface area (Å²) in [6.07, 6.45) is 4.12. The molecule has 2 aromatic heterocycles.